The first kappa shape index (κ1) is 21.6. The van der Waals surface area contributed by atoms with Crippen LogP contribution in [0.1, 0.15) is 48.9 Å². The number of aryl methyl sites for hydroxylation is 2. The van der Waals surface area contributed by atoms with Gasteiger partial charge in [0, 0.05) is 20.0 Å². The highest BCUT2D eigenvalue weighted by molar-refractivity contribution is 8.00. The SMILES string of the molecule is Cc1nnc(NC(=O)CSc2nc(C3CCCCC3)nc3c2c(=O)n(C)c(=O)n3C)s1. The number of thioether (sulfide) groups is 1. The lowest BCUT2D eigenvalue weighted by Gasteiger charge is -2.21. The molecule has 1 amide bonds. The van der Waals surface area contributed by atoms with E-state index < -0.39 is 11.2 Å². The van der Waals surface area contributed by atoms with Crippen LogP contribution in [0.15, 0.2) is 14.6 Å². The van der Waals surface area contributed by atoms with Gasteiger partial charge < -0.3 is 0 Å². The number of rotatable bonds is 5. The van der Waals surface area contributed by atoms with Gasteiger partial charge in [0.2, 0.25) is 11.0 Å². The fourth-order valence-corrected chi connectivity index (χ4v) is 5.16. The van der Waals surface area contributed by atoms with Crippen molar-refractivity contribution in [1.29, 1.82) is 0 Å². The summed E-state index contributed by atoms with van der Waals surface area (Å²) in [5.74, 6) is 0.600. The monoisotopic (exact) mass is 461 g/mol. The number of fused-ring (bicyclic) bond motifs is 1. The average molecular weight is 462 g/mol. The Hall–Kier alpha value is -2.60. The quantitative estimate of drug-likeness (QED) is 0.452. The number of amides is 1. The van der Waals surface area contributed by atoms with E-state index in [1.807, 2.05) is 6.92 Å². The molecule has 3 aromatic heterocycles. The summed E-state index contributed by atoms with van der Waals surface area (Å²) < 4.78 is 2.42. The number of anilines is 1. The molecule has 4 rings (SSSR count). The maximum atomic E-state index is 12.9. The summed E-state index contributed by atoms with van der Waals surface area (Å²) in [6.07, 6.45) is 5.36. The van der Waals surface area contributed by atoms with E-state index in [2.05, 4.69) is 20.5 Å². The Morgan fingerprint density at radius 2 is 1.87 bits per heavy atom. The lowest BCUT2D eigenvalue weighted by Crippen LogP contribution is -2.38. The summed E-state index contributed by atoms with van der Waals surface area (Å²) in [6.45, 7) is 1.81. The summed E-state index contributed by atoms with van der Waals surface area (Å²) in [5.41, 5.74) is -0.589. The van der Waals surface area contributed by atoms with Gasteiger partial charge in [-0.3, -0.25) is 24.0 Å². The van der Waals surface area contributed by atoms with Gasteiger partial charge >= 0.3 is 5.69 Å². The molecule has 1 fully saturated rings. The summed E-state index contributed by atoms with van der Waals surface area (Å²) in [5, 5.41) is 12.3. The van der Waals surface area contributed by atoms with Crippen LogP contribution >= 0.6 is 23.1 Å². The Labute approximate surface area is 186 Å². The van der Waals surface area contributed by atoms with E-state index in [0.717, 1.165) is 47.0 Å². The number of nitrogens with zero attached hydrogens (tertiary/aromatic N) is 6. The molecule has 0 aliphatic heterocycles. The number of carbonyl (C=O) groups excluding carboxylic acids is 1. The van der Waals surface area contributed by atoms with Gasteiger partial charge in [-0.25, -0.2) is 14.8 Å². The Morgan fingerprint density at radius 1 is 1.13 bits per heavy atom. The predicted octanol–water partition coefficient (Wildman–Crippen LogP) is 1.97. The highest BCUT2D eigenvalue weighted by Crippen LogP contribution is 2.33. The normalized spacial score (nSPS) is 14.8. The molecule has 10 nitrogen and oxygen atoms in total. The van der Waals surface area contributed by atoms with Crippen molar-refractivity contribution in [3.05, 3.63) is 31.7 Å². The van der Waals surface area contributed by atoms with Crippen LogP contribution in [0.2, 0.25) is 0 Å². The number of carbonyl (C=O) groups is 1. The minimum absolute atomic E-state index is 0.0425. The molecule has 0 saturated heterocycles. The van der Waals surface area contributed by atoms with Crippen molar-refractivity contribution in [3.8, 4) is 0 Å². The van der Waals surface area contributed by atoms with Crippen LogP contribution in [0, 0.1) is 6.92 Å². The summed E-state index contributed by atoms with van der Waals surface area (Å²) in [7, 11) is 3.03. The number of aromatic nitrogens is 6. The lowest BCUT2D eigenvalue weighted by atomic mass is 9.89. The lowest BCUT2D eigenvalue weighted by molar-refractivity contribution is -0.113. The van der Waals surface area contributed by atoms with Crippen molar-refractivity contribution in [2.24, 2.45) is 14.1 Å². The third-order valence-electron chi connectivity index (χ3n) is 5.37. The predicted molar refractivity (Wildman–Crippen MR) is 120 cm³/mol. The average Bonchev–Trinajstić information content (AvgIpc) is 3.19. The summed E-state index contributed by atoms with van der Waals surface area (Å²) >= 11 is 2.45. The Bertz CT molecular complexity index is 1260. The van der Waals surface area contributed by atoms with Gasteiger partial charge in [-0.05, 0) is 19.8 Å². The first-order valence-corrected chi connectivity index (χ1v) is 11.9. The Balaban J connectivity index is 1.71. The molecule has 0 radical (unpaired) electrons. The molecular weight excluding hydrogens is 438 g/mol. The van der Waals surface area contributed by atoms with E-state index in [1.165, 1.54) is 29.4 Å². The molecule has 0 unspecified atom stereocenters. The van der Waals surface area contributed by atoms with E-state index in [-0.39, 0.29) is 23.0 Å². The fourth-order valence-electron chi connectivity index (χ4n) is 3.73. The van der Waals surface area contributed by atoms with Crippen molar-refractivity contribution in [2.75, 3.05) is 11.1 Å². The zero-order chi connectivity index (χ0) is 22.1. The molecule has 1 saturated carbocycles. The largest absolute Gasteiger partial charge is 0.332 e. The third-order valence-corrected chi connectivity index (χ3v) is 7.10. The van der Waals surface area contributed by atoms with Crippen LogP contribution < -0.4 is 16.6 Å². The maximum absolute atomic E-state index is 12.9. The van der Waals surface area contributed by atoms with Gasteiger partial charge in [0.25, 0.3) is 5.56 Å². The topological polar surface area (TPSA) is 125 Å². The molecule has 1 N–H and O–H groups in total. The zero-order valence-electron chi connectivity index (χ0n) is 17.5. The zero-order valence-corrected chi connectivity index (χ0v) is 19.2. The van der Waals surface area contributed by atoms with E-state index in [4.69, 9.17) is 4.98 Å². The van der Waals surface area contributed by atoms with Crippen molar-refractivity contribution in [3.63, 3.8) is 0 Å². The van der Waals surface area contributed by atoms with Crippen LogP contribution in [-0.2, 0) is 18.9 Å². The van der Waals surface area contributed by atoms with Crippen LogP contribution in [0.5, 0.6) is 0 Å². The standard InChI is InChI=1S/C19H23N7O3S2/c1-10-23-24-18(31-10)20-12(27)9-30-16-13-15(25(2)19(29)26(3)17(13)28)21-14(22-16)11-7-5-4-6-8-11/h11H,4-9H2,1-3H3,(H,20,24,27). The highest BCUT2D eigenvalue weighted by atomic mass is 32.2. The summed E-state index contributed by atoms with van der Waals surface area (Å²) in [6, 6.07) is 0. The molecule has 0 atom stereocenters. The second-order valence-electron chi connectivity index (χ2n) is 7.59. The molecule has 3 heterocycles. The molecule has 1 aliphatic rings. The van der Waals surface area contributed by atoms with Crippen molar-refractivity contribution < 1.29 is 4.79 Å². The highest BCUT2D eigenvalue weighted by Gasteiger charge is 2.23. The van der Waals surface area contributed by atoms with Crippen molar-refractivity contribution in [1.82, 2.24) is 29.3 Å². The minimum Gasteiger partial charge on any atom is -0.300 e. The van der Waals surface area contributed by atoms with Gasteiger partial charge in [0.15, 0.2) is 5.65 Å². The molecule has 3 aromatic rings. The molecule has 164 valence electrons. The van der Waals surface area contributed by atoms with E-state index >= 15 is 0 Å². The second kappa shape index (κ2) is 8.87. The first-order valence-electron chi connectivity index (χ1n) is 10.1. The smallest absolute Gasteiger partial charge is 0.300 e. The van der Waals surface area contributed by atoms with Gasteiger partial charge in [0.05, 0.1) is 5.75 Å². The van der Waals surface area contributed by atoms with Gasteiger partial charge in [-0.1, -0.05) is 42.4 Å². The number of nitrogens with one attached hydrogen (secondary N) is 1. The summed E-state index contributed by atoms with van der Waals surface area (Å²) in [4.78, 5) is 47.1. The van der Waals surface area contributed by atoms with Crippen molar-refractivity contribution in [2.45, 2.75) is 50.0 Å². The Kier molecular flexibility index (Phi) is 6.19. The molecular formula is C19H23N7O3S2. The Morgan fingerprint density at radius 3 is 2.55 bits per heavy atom. The molecule has 31 heavy (non-hydrogen) atoms. The molecule has 12 heteroatoms. The van der Waals surface area contributed by atoms with Gasteiger partial charge in [-0.2, -0.15) is 0 Å². The molecule has 1 aliphatic carbocycles. The van der Waals surface area contributed by atoms with Crippen LogP contribution in [0.25, 0.3) is 11.0 Å². The third kappa shape index (κ3) is 4.40. The van der Waals surface area contributed by atoms with E-state index in [9.17, 15) is 14.4 Å². The second-order valence-corrected chi connectivity index (χ2v) is 9.74. The minimum atomic E-state index is -0.462. The van der Waals surface area contributed by atoms with Crippen LogP contribution in [0.4, 0.5) is 5.13 Å². The fraction of sp³-hybridized carbons (Fsp3) is 0.526. The number of hydrogen-bond acceptors (Lipinski definition) is 9. The molecule has 0 aromatic carbocycles. The van der Waals surface area contributed by atoms with Crippen molar-refractivity contribution >= 4 is 45.2 Å². The number of hydrogen-bond donors (Lipinski definition) is 1. The molecule has 0 spiro atoms. The van der Waals surface area contributed by atoms with E-state index in [1.54, 1.807) is 7.05 Å². The van der Waals surface area contributed by atoms with E-state index in [0.29, 0.717) is 21.6 Å². The first-order chi connectivity index (χ1) is 14.8. The maximum Gasteiger partial charge on any atom is 0.332 e. The van der Waals surface area contributed by atoms with Crippen LogP contribution in [-0.4, -0.2) is 41.0 Å². The van der Waals surface area contributed by atoms with Crippen LogP contribution in [0.3, 0.4) is 0 Å². The van der Waals surface area contributed by atoms with Gasteiger partial charge in [-0.15, -0.1) is 10.2 Å². The molecule has 0 bridgehead atoms. The van der Waals surface area contributed by atoms with Gasteiger partial charge in [0.1, 0.15) is 21.2 Å².